The highest BCUT2D eigenvalue weighted by Gasteiger charge is 2.18. The van der Waals surface area contributed by atoms with E-state index in [1.807, 2.05) is 18.2 Å². The third kappa shape index (κ3) is 1.72. The predicted molar refractivity (Wildman–Crippen MR) is 73.4 cm³/mol. The molecule has 0 saturated carbocycles. The molecule has 2 aromatic carbocycles. The zero-order valence-corrected chi connectivity index (χ0v) is 10.2. The first-order valence-electron chi connectivity index (χ1n) is 5.79. The van der Waals surface area contributed by atoms with Gasteiger partial charge in [-0.05, 0) is 6.07 Å². The standard InChI is InChI=1S/C13H10N4O3/c14-9-6-10-12(7-11(9)17(19)20)16(18)13(15-10)8-4-2-1-3-5-8/h1-7,18H,14H2. The van der Waals surface area contributed by atoms with Crippen LogP contribution in [-0.4, -0.2) is 19.8 Å². The highest BCUT2D eigenvalue weighted by Crippen LogP contribution is 2.30. The van der Waals surface area contributed by atoms with E-state index in [0.29, 0.717) is 16.9 Å². The summed E-state index contributed by atoms with van der Waals surface area (Å²) in [6.07, 6.45) is 0. The average molecular weight is 270 g/mol. The number of hydrogen-bond donors (Lipinski definition) is 2. The Morgan fingerprint density at radius 3 is 2.60 bits per heavy atom. The number of nitro groups is 1. The molecule has 0 spiro atoms. The SMILES string of the molecule is Nc1cc2nc(-c3ccccc3)n(O)c2cc1[N+](=O)[O-]. The van der Waals surface area contributed by atoms with Gasteiger partial charge in [-0.3, -0.25) is 10.1 Å². The maximum Gasteiger partial charge on any atom is 0.294 e. The predicted octanol–water partition coefficient (Wildman–Crippen LogP) is 2.43. The number of aromatic nitrogens is 2. The van der Waals surface area contributed by atoms with Crippen molar-refractivity contribution in [3.05, 3.63) is 52.6 Å². The molecule has 20 heavy (non-hydrogen) atoms. The van der Waals surface area contributed by atoms with Crippen molar-refractivity contribution in [3.63, 3.8) is 0 Å². The second-order valence-corrected chi connectivity index (χ2v) is 4.27. The number of imidazole rings is 1. The number of fused-ring (bicyclic) bond motifs is 1. The van der Waals surface area contributed by atoms with E-state index in [1.54, 1.807) is 12.1 Å². The van der Waals surface area contributed by atoms with Crippen LogP contribution in [0.5, 0.6) is 0 Å². The number of nitro benzene ring substituents is 1. The minimum atomic E-state index is -0.593. The number of nitrogens with two attached hydrogens (primary N) is 1. The van der Waals surface area contributed by atoms with Gasteiger partial charge in [0.1, 0.15) is 11.2 Å². The van der Waals surface area contributed by atoms with Gasteiger partial charge in [0.2, 0.25) is 0 Å². The Hall–Kier alpha value is -3.09. The zero-order chi connectivity index (χ0) is 14.3. The lowest BCUT2D eigenvalue weighted by Crippen LogP contribution is -1.97. The summed E-state index contributed by atoms with van der Waals surface area (Å²) in [7, 11) is 0. The molecule has 3 N–H and O–H groups in total. The van der Waals surface area contributed by atoms with Gasteiger partial charge in [-0.25, -0.2) is 4.98 Å². The maximum absolute atomic E-state index is 10.9. The molecule has 0 radical (unpaired) electrons. The lowest BCUT2D eigenvalue weighted by atomic mass is 10.2. The Kier molecular flexibility index (Phi) is 2.53. The fraction of sp³-hybridized carbons (Fsp3) is 0. The quantitative estimate of drug-likeness (QED) is 0.322. The fourth-order valence-corrected chi connectivity index (χ4v) is 2.05. The van der Waals surface area contributed by atoms with Gasteiger partial charge < -0.3 is 10.9 Å². The molecule has 0 saturated heterocycles. The number of nitrogens with zero attached hydrogens (tertiary/aromatic N) is 3. The number of nitrogen functional groups attached to an aromatic ring is 1. The topological polar surface area (TPSA) is 107 Å². The highest BCUT2D eigenvalue weighted by atomic mass is 16.6. The van der Waals surface area contributed by atoms with Crippen molar-refractivity contribution < 1.29 is 10.1 Å². The summed E-state index contributed by atoms with van der Waals surface area (Å²) < 4.78 is 0.830. The van der Waals surface area contributed by atoms with Gasteiger partial charge in [0, 0.05) is 11.6 Å². The van der Waals surface area contributed by atoms with Crippen molar-refractivity contribution in [2.75, 3.05) is 5.73 Å². The summed E-state index contributed by atoms with van der Waals surface area (Å²) in [4.78, 5) is 14.5. The number of benzene rings is 2. The van der Waals surface area contributed by atoms with E-state index in [-0.39, 0.29) is 16.9 Å². The van der Waals surface area contributed by atoms with E-state index in [9.17, 15) is 15.3 Å². The molecular weight excluding hydrogens is 260 g/mol. The molecule has 0 amide bonds. The van der Waals surface area contributed by atoms with E-state index < -0.39 is 4.92 Å². The summed E-state index contributed by atoms with van der Waals surface area (Å²) >= 11 is 0. The summed E-state index contributed by atoms with van der Waals surface area (Å²) in [5.74, 6) is 0.306. The van der Waals surface area contributed by atoms with E-state index in [2.05, 4.69) is 4.98 Å². The van der Waals surface area contributed by atoms with Gasteiger partial charge in [-0.1, -0.05) is 30.3 Å². The number of hydrogen-bond acceptors (Lipinski definition) is 5. The molecule has 0 aliphatic carbocycles. The smallest absolute Gasteiger partial charge is 0.294 e. The van der Waals surface area contributed by atoms with Crippen LogP contribution < -0.4 is 5.73 Å². The monoisotopic (exact) mass is 270 g/mol. The Morgan fingerprint density at radius 1 is 1.25 bits per heavy atom. The van der Waals surface area contributed by atoms with Crippen molar-refractivity contribution in [2.45, 2.75) is 0 Å². The largest absolute Gasteiger partial charge is 0.426 e. The molecular formula is C13H10N4O3. The molecule has 3 rings (SSSR count). The minimum Gasteiger partial charge on any atom is -0.426 e. The first kappa shape index (κ1) is 12.0. The molecule has 1 aromatic heterocycles. The molecule has 7 heteroatoms. The van der Waals surface area contributed by atoms with Gasteiger partial charge in [-0.2, -0.15) is 4.73 Å². The summed E-state index contributed by atoms with van der Waals surface area (Å²) in [6.45, 7) is 0. The minimum absolute atomic E-state index is 0.0141. The molecule has 0 unspecified atom stereocenters. The average Bonchev–Trinajstić information content (AvgIpc) is 2.75. The second-order valence-electron chi connectivity index (χ2n) is 4.27. The molecule has 0 atom stereocenters. The molecule has 3 aromatic rings. The van der Waals surface area contributed by atoms with Crippen LogP contribution >= 0.6 is 0 Å². The first-order chi connectivity index (χ1) is 9.58. The van der Waals surface area contributed by atoms with Crippen LogP contribution in [0.1, 0.15) is 0 Å². The van der Waals surface area contributed by atoms with E-state index >= 15 is 0 Å². The molecule has 0 aliphatic rings. The summed E-state index contributed by atoms with van der Waals surface area (Å²) in [5.41, 5.74) is 6.71. The Bertz CT molecular complexity index is 811. The molecule has 0 bridgehead atoms. The normalized spacial score (nSPS) is 10.8. The number of rotatable bonds is 2. The first-order valence-corrected chi connectivity index (χ1v) is 5.79. The van der Waals surface area contributed by atoms with E-state index in [4.69, 9.17) is 5.73 Å². The molecule has 0 fully saturated rings. The number of anilines is 1. The van der Waals surface area contributed by atoms with Crippen molar-refractivity contribution >= 4 is 22.4 Å². The van der Waals surface area contributed by atoms with Gasteiger partial charge in [0.25, 0.3) is 5.69 Å². The third-order valence-corrected chi connectivity index (χ3v) is 3.01. The van der Waals surface area contributed by atoms with E-state index in [1.165, 1.54) is 12.1 Å². The fourth-order valence-electron chi connectivity index (χ4n) is 2.05. The van der Waals surface area contributed by atoms with Crippen LogP contribution in [0.15, 0.2) is 42.5 Å². The summed E-state index contributed by atoms with van der Waals surface area (Å²) in [5, 5.41) is 21.0. The zero-order valence-electron chi connectivity index (χ0n) is 10.2. The summed E-state index contributed by atoms with van der Waals surface area (Å²) in [6, 6.07) is 11.6. The van der Waals surface area contributed by atoms with Crippen LogP contribution in [-0.2, 0) is 0 Å². The van der Waals surface area contributed by atoms with Gasteiger partial charge >= 0.3 is 0 Å². The molecule has 7 nitrogen and oxygen atoms in total. The highest BCUT2D eigenvalue weighted by molar-refractivity contribution is 5.87. The van der Waals surface area contributed by atoms with Crippen molar-refractivity contribution in [3.8, 4) is 11.4 Å². The van der Waals surface area contributed by atoms with Crippen LogP contribution in [0.2, 0.25) is 0 Å². The van der Waals surface area contributed by atoms with Crippen LogP contribution in [0.4, 0.5) is 11.4 Å². The Labute approximate surface area is 113 Å². The van der Waals surface area contributed by atoms with Crippen LogP contribution in [0, 0.1) is 10.1 Å². The van der Waals surface area contributed by atoms with Crippen LogP contribution in [0.3, 0.4) is 0 Å². The van der Waals surface area contributed by atoms with Crippen molar-refractivity contribution in [1.29, 1.82) is 0 Å². The van der Waals surface area contributed by atoms with Gasteiger partial charge in [-0.15, -0.1) is 0 Å². The Balaban J connectivity index is 2.28. The lowest BCUT2D eigenvalue weighted by molar-refractivity contribution is -0.383. The lowest BCUT2D eigenvalue weighted by Gasteiger charge is -2.00. The van der Waals surface area contributed by atoms with Crippen molar-refractivity contribution in [2.24, 2.45) is 0 Å². The maximum atomic E-state index is 10.9. The second kappa shape index (κ2) is 4.23. The van der Waals surface area contributed by atoms with Crippen LogP contribution in [0.25, 0.3) is 22.4 Å². The third-order valence-electron chi connectivity index (χ3n) is 3.01. The molecule has 0 aliphatic heterocycles. The van der Waals surface area contributed by atoms with E-state index in [0.717, 1.165) is 4.73 Å². The molecule has 100 valence electrons. The molecule has 1 heterocycles. The van der Waals surface area contributed by atoms with Gasteiger partial charge in [0.15, 0.2) is 5.82 Å². The Morgan fingerprint density at radius 2 is 1.95 bits per heavy atom. The van der Waals surface area contributed by atoms with Crippen molar-refractivity contribution in [1.82, 2.24) is 9.71 Å². The van der Waals surface area contributed by atoms with Gasteiger partial charge in [0.05, 0.1) is 10.4 Å².